The van der Waals surface area contributed by atoms with Crippen LogP contribution in [-0.2, 0) is 6.54 Å². The molecule has 5 rings (SSSR count). The summed E-state index contributed by atoms with van der Waals surface area (Å²) in [5.41, 5.74) is 1.38. The first-order chi connectivity index (χ1) is 15.0. The Labute approximate surface area is 181 Å². The van der Waals surface area contributed by atoms with Crippen molar-refractivity contribution in [2.24, 2.45) is 4.99 Å². The number of anilines is 1. The van der Waals surface area contributed by atoms with Crippen LogP contribution in [0.1, 0.15) is 24.1 Å². The van der Waals surface area contributed by atoms with Gasteiger partial charge in [-0.2, -0.15) is 19.6 Å². The first-order valence-corrected chi connectivity index (χ1v) is 10.3. The van der Waals surface area contributed by atoms with Crippen molar-refractivity contribution in [3.05, 3.63) is 67.3 Å². The van der Waals surface area contributed by atoms with Gasteiger partial charge in [0.15, 0.2) is 5.65 Å². The van der Waals surface area contributed by atoms with E-state index in [-0.39, 0.29) is 23.4 Å². The quantitative estimate of drug-likeness (QED) is 0.331. The number of hydrogen-bond donors (Lipinski definition) is 4. The van der Waals surface area contributed by atoms with Crippen LogP contribution in [0.25, 0.3) is 11.7 Å². The fraction of sp³-hybridized carbons (Fsp3) is 0.211. The Kier molecular flexibility index (Phi) is 4.77. The van der Waals surface area contributed by atoms with Crippen LogP contribution in [0.3, 0.4) is 0 Å². The lowest BCUT2D eigenvalue weighted by molar-refractivity contribution is 0.454. The maximum Gasteiger partial charge on any atom is 0.326 e. The molecule has 31 heavy (non-hydrogen) atoms. The van der Waals surface area contributed by atoms with Crippen LogP contribution in [0.15, 0.2) is 38.7 Å². The van der Waals surface area contributed by atoms with E-state index in [1.807, 2.05) is 0 Å². The Balaban J connectivity index is 1.58. The molecule has 0 amide bonds. The number of aromatic hydroxyl groups is 1. The van der Waals surface area contributed by atoms with Gasteiger partial charge in [-0.05, 0) is 36.6 Å². The second-order valence-corrected chi connectivity index (χ2v) is 7.97. The van der Waals surface area contributed by atoms with Crippen LogP contribution >= 0.6 is 15.9 Å². The number of aromatic nitrogens is 6. The lowest BCUT2D eigenvalue weighted by Gasteiger charge is -2.07. The summed E-state index contributed by atoms with van der Waals surface area (Å²) < 4.78 is 15.5. The molecule has 1 aromatic carbocycles. The van der Waals surface area contributed by atoms with Crippen molar-refractivity contribution in [2.75, 3.05) is 5.32 Å². The first-order valence-electron chi connectivity index (χ1n) is 9.47. The number of imidazole rings is 1. The van der Waals surface area contributed by atoms with E-state index in [1.165, 1.54) is 16.6 Å². The molecule has 1 aliphatic rings. The fourth-order valence-corrected chi connectivity index (χ4v) is 3.49. The fourth-order valence-electron chi connectivity index (χ4n) is 3.00. The average Bonchev–Trinajstić information content (AvgIpc) is 3.36. The number of nitrogens with one attached hydrogen (secondary N) is 3. The van der Waals surface area contributed by atoms with Gasteiger partial charge in [0.1, 0.15) is 11.5 Å². The number of rotatable bonds is 5. The molecule has 4 aromatic rings. The van der Waals surface area contributed by atoms with E-state index >= 15 is 0 Å². The summed E-state index contributed by atoms with van der Waals surface area (Å²) in [6.45, 7) is 0.360. The SMILES string of the molecule is O=c1[nH]c(O)c(C=c2cnn3c(=NC4CC4)nc(NCc4ccc(F)cc4Br)nc23)[nH]1. The summed E-state index contributed by atoms with van der Waals surface area (Å²) in [5, 5.41) is 17.9. The molecule has 0 aliphatic heterocycles. The summed E-state index contributed by atoms with van der Waals surface area (Å²) in [5.74, 6) is -0.282. The van der Waals surface area contributed by atoms with Crippen molar-refractivity contribution < 1.29 is 9.50 Å². The predicted molar refractivity (Wildman–Crippen MR) is 113 cm³/mol. The molecule has 4 N–H and O–H groups in total. The monoisotopic (exact) mass is 486 g/mol. The maximum absolute atomic E-state index is 13.3. The van der Waals surface area contributed by atoms with E-state index in [0.717, 1.165) is 18.4 Å². The molecular formula is C19H16BrFN8O2. The predicted octanol–water partition coefficient (Wildman–Crippen LogP) is 0.971. The smallest absolute Gasteiger partial charge is 0.326 e. The highest BCUT2D eigenvalue weighted by atomic mass is 79.9. The molecule has 12 heteroatoms. The number of nitrogens with zero attached hydrogens (tertiary/aromatic N) is 5. The topological polar surface area (TPSA) is 136 Å². The first kappa shape index (κ1) is 19.4. The molecule has 10 nitrogen and oxygen atoms in total. The molecule has 1 aliphatic carbocycles. The minimum absolute atomic E-state index is 0.207. The Morgan fingerprint density at radius 3 is 2.90 bits per heavy atom. The normalized spacial score (nSPS) is 15.2. The third-order valence-electron chi connectivity index (χ3n) is 4.71. The zero-order valence-electron chi connectivity index (χ0n) is 15.9. The van der Waals surface area contributed by atoms with E-state index in [4.69, 9.17) is 0 Å². The molecule has 0 unspecified atom stereocenters. The second-order valence-electron chi connectivity index (χ2n) is 7.12. The molecule has 158 valence electrons. The van der Waals surface area contributed by atoms with Crippen molar-refractivity contribution in [1.29, 1.82) is 0 Å². The lowest BCUT2D eigenvalue weighted by Crippen LogP contribution is -2.24. The van der Waals surface area contributed by atoms with Crippen molar-refractivity contribution in [2.45, 2.75) is 25.4 Å². The molecule has 0 radical (unpaired) electrons. The van der Waals surface area contributed by atoms with Crippen molar-refractivity contribution in [3.63, 3.8) is 0 Å². The van der Waals surface area contributed by atoms with Crippen LogP contribution in [0, 0.1) is 5.82 Å². The lowest BCUT2D eigenvalue weighted by atomic mass is 10.2. The van der Waals surface area contributed by atoms with Gasteiger partial charge in [0, 0.05) is 16.2 Å². The zero-order chi connectivity index (χ0) is 21.5. The molecule has 3 aromatic heterocycles. The summed E-state index contributed by atoms with van der Waals surface area (Å²) in [6, 6.07) is 4.65. The summed E-state index contributed by atoms with van der Waals surface area (Å²) in [7, 11) is 0. The molecular weight excluding hydrogens is 471 g/mol. The summed E-state index contributed by atoms with van der Waals surface area (Å²) >= 11 is 3.35. The van der Waals surface area contributed by atoms with Crippen molar-refractivity contribution in [1.82, 2.24) is 29.5 Å². The van der Waals surface area contributed by atoms with Gasteiger partial charge in [0.25, 0.3) is 5.62 Å². The van der Waals surface area contributed by atoms with Gasteiger partial charge in [0.2, 0.25) is 11.8 Å². The number of hydrogen-bond acceptors (Lipinski definition) is 7. The minimum Gasteiger partial charge on any atom is -0.493 e. The second kappa shape index (κ2) is 7.61. The van der Waals surface area contributed by atoms with Crippen molar-refractivity contribution >= 4 is 33.6 Å². The minimum atomic E-state index is -0.522. The van der Waals surface area contributed by atoms with Crippen LogP contribution in [0.5, 0.6) is 5.88 Å². The highest BCUT2D eigenvalue weighted by molar-refractivity contribution is 9.10. The van der Waals surface area contributed by atoms with Gasteiger partial charge in [0.05, 0.1) is 12.2 Å². The highest BCUT2D eigenvalue weighted by Gasteiger charge is 2.21. The molecule has 0 atom stereocenters. The Morgan fingerprint density at radius 2 is 2.19 bits per heavy atom. The number of benzene rings is 1. The summed E-state index contributed by atoms with van der Waals surface area (Å²) in [4.78, 5) is 29.8. The van der Waals surface area contributed by atoms with Gasteiger partial charge in [-0.1, -0.05) is 22.0 Å². The van der Waals surface area contributed by atoms with Gasteiger partial charge >= 0.3 is 5.69 Å². The third kappa shape index (κ3) is 4.06. The standard InChI is InChI=1S/C19H16BrFN8O2/c20-13-6-11(21)2-1-9(13)7-22-17-26-15-10(5-14-16(30)27-19(31)25-14)8-23-29(15)18(28-17)24-12-3-4-12/h1-2,5-6,8,12,30H,3-4,7H2,(H,22,24,28)(H2,25,27,31). The largest absolute Gasteiger partial charge is 0.493 e. The number of halogens is 2. The van der Waals surface area contributed by atoms with E-state index in [9.17, 15) is 14.3 Å². The number of aromatic amines is 2. The molecule has 0 bridgehead atoms. The van der Waals surface area contributed by atoms with E-state index in [1.54, 1.807) is 18.3 Å². The zero-order valence-corrected chi connectivity index (χ0v) is 17.5. The van der Waals surface area contributed by atoms with E-state index in [2.05, 4.69) is 51.3 Å². The number of H-pyrrole nitrogens is 2. The van der Waals surface area contributed by atoms with Gasteiger partial charge in [-0.3, -0.25) is 4.98 Å². The molecule has 3 heterocycles. The van der Waals surface area contributed by atoms with Crippen LogP contribution < -0.4 is 21.8 Å². The van der Waals surface area contributed by atoms with Crippen LogP contribution in [-0.4, -0.2) is 40.7 Å². The average molecular weight is 487 g/mol. The van der Waals surface area contributed by atoms with Crippen LogP contribution in [0.4, 0.5) is 10.3 Å². The third-order valence-corrected chi connectivity index (χ3v) is 5.45. The molecule has 0 spiro atoms. The van der Waals surface area contributed by atoms with Crippen molar-refractivity contribution in [3.8, 4) is 5.88 Å². The highest BCUT2D eigenvalue weighted by Crippen LogP contribution is 2.22. The van der Waals surface area contributed by atoms with E-state index < -0.39 is 5.69 Å². The number of fused-ring (bicyclic) bond motifs is 1. The Hall–Kier alpha value is -3.54. The molecule has 0 saturated heterocycles. The maximum atomic E-state index is 13.3. The van der Waals surface area contributed by atoms with E-state index in [0.29, 0.717) is 33.4 Å². The Morgan fingerprint density at radius 1 is 1.35 bits per heavy atom. The molecule has 1 saturated carbocycles. The van der Waals surface area contributed by atoms with Gasteiger partial charge in [-0.25, -0.2) is 14.2 Å². The van der Waals surface area contributed by atoms with Gasteiger partial charge < -0.3 is 15.4 Å². The molecule has 1 fully saturated rings. The summed E-state index contributed by atoms with van der Waals surface area (Å²) in [6.07, 6.45) is 5.11. The van der Waals surface area contributed by atoms with Crippen LogP contribution in [0.2, 0.25) is 0 Å². The van der Waals surface area contributed by atoms with Gasteiger partial charge in [-0.15, -0.1) is 0 Å². The Bertz CT molecular complexity index is 1470.